The Balaban J connectivity index is 1.93. The van der Waals surface area contributed by atoms with E-state index >= 15 is 0 Å². The van der Waals surface area contributed by atoms with E-state index in [0.29, 0.717) is 17.3 Å². The van der Waals surface area contributed by atoms with Crippen molar-refractivity contribution >= 4 is 0 Å². The van der Waals surface area contributed by atoms with E-state index in [-0.39, 0.29) is 5.82 Å². The molecule has 0 atom stereocenters. The summed E-state index contributed by atoms with van der Waals surface area (Å²) in [6, 6.07) is 4.82. The zero-order chi connectivity index (χ0) is 14.4. The maximum absolute atomic E-state index is 13.2. The second-order valence-electron chi connectivity index (χ2n) is 4.93. The molecule has 2 rings (SSSR count). The lowest BCUT2D eigenvalue weighted by molar-refractivity contribution is 0.374. The molecule has 0 fully saturated rings. The predicted octanol–water partition coefficient (Wildman–Crippen LogP) is 3.25. The molecule has 1 aromatic heterocycles. The molecule has 0 spiro atoms. The molecule has 0 amide bonds. The monoisotopic (exact) mass is 277 g/mol. The summed E-state index contributed by atoms with van der Waals surface area (Å²) >= 11 is 0. The van der Waals surface area contributed by atoms with Gasteiger partial charge in [0.2, 0.25) is 11.7 Å². The first-order valence-corrected chi connectivity index (χ1v) is 7.00. The van der Waals surface area contributed by atoms with Crippen molar-refractivity contribution in [2.75, 3.05) is 6.54 Å². The zero-order valence-electron chi connectivity index (χ0n) is 11.7. The van der Waals surface area contributed by atoms with Crippen LogP contribution in [0.2, 0.25) is 0 Å². The summed E-state index contributed by atoms with van der Waals surface area (Å²) in [6.45, 7) is 2.46. The van der Waals surface area contributed by atoms with E-state index in [9.17, 15) is 4.39 Å². The summed E-state index contributed by atoms with van der Waals surface area (Å²) in [6.07, 6.45) is 5.10. The lowest BCUT2D eigenvalue weighted by Crippen LogP contribution is -1.97. The third-order valence-corrected chi connectivity index (χ3v) is 3.23. The summed E-state index contributed by atoms with van der Waals surface area (Å²) in [5, 5.41) is 3.94. The van der Waals surface area contributed by atoms with Gasteiger partial charge in [0.05, 0.1) is 0 Å². The highest BCUT2D eigenvalue weighted by Crippen LogP contribution is 2.19. The Hall–Kier alpha value is -1.75. The summed E-state index contributed by atoms with van der Waals surface area (Å²) in [5.41, 5.74) is 6.80. The normalized spacial score (nSPS) is 10.9. The minimum absolute atomic E-state index is 0.225. The third kappa shape index (κ3) is 3.87. The SMILES string of the molecule is Cc1cc(-c2noc(CCCCCCN)n2)ccc1F. The Morgan fingerprint density at radius 2 is 2.00 bits per heavy atom. The second-order valence-corrected chi connectivity index (χ2v) is 4.93. The van der Waals surface area contributed by atoms with Crippen molar-refractivity contribution in [2.45, 2.75) is 39.0 Å². The fourth-order valence-electron chi connectivity index (χ4n) is 2.03. The molecule has 0 unspecified atom stereocenters. The van der Waals surface area contributed by atoms with Crippen molar-refractivity contribution in [3.05, 3.63) is 35.5 Å². The van der Waals surface area contributed by atoms with Crippen molar-refractivity contribution in [1.82, 2.24) is 10.1 Å². The Morgan fingerprint density at radius 3 is 2.75 bits per heavy atom. The highest BCUT2D eigenvalue weighted by atomic mass is 19.1. The van der Waals surface area contributed by atoms with E-state index in [1.54, 1.807) is 19.1 Å². The van der Waals surface area contributed by atoms with Gasteiger partial charge in [-0.15, -0.1) is 0 Å². The third-order valence-electron chi connectivity index (χ3n) is 3.23. The lowest BCUT2D eigenvalue weighted by Gasteiger charge is -1.98. The van der Waals surface area contributed by atoms with Crippen LogP contribution in [0.25, 0.3) is 11.4 Å². The van der Waals surface area contributed by atoms with Crippen LogP contribution in [0.4, 0.5) is 4.39 Å². The highest BCUT2D eigenvalue weighted by molar-refractivity contribution is 5.55. The molecule has 2 N–H and O–H groups in total. The number of hydrogen-bond acceptors (Lipinski definition) is 4. The fraction of sp³-hybridized carbons (Fsp3) is 0.467. The number of nitrogens with zero attached hydrogens (tertiary/aromatic N) is 2. The maximum atomic E-state index is 13.2. The van der Waals surface area contributed by atoms with E-state index in [0.717, 1.165) is 44.2 Å². The van der Waals surface area contributed by atoms with Gasteiger partial charge in [-0.3, -0.25) is 0 Å². The molecule has 0 saturated heterocycles. The minimum Gasteiger partial charge on any atom is -0.339 e. The Morgan fingerprint density at radius 1 is 1.20 bits per heavy atom. The molecule has 1 aromatic carbocycles. The molecule has 2 aromatic rings. The first-order valence-electron chi connectivity index (χ1n) is 7.00. The van der Waals surface area contributed by atoms with Crippen LogP contribution in [0.3, 0.4) is 0 Å². The standard InChI is InChI=1S/C15H20FN3O/c1-11-10-12(7-8-13(11)16)15-18-14(20-19-15)6-4-2-3-5-9-17/h7-8,10H,2-6,9,17H2,1H3. The zero-order valence-corrected chi connectivity index (χ0v) is 11.7. The van der Waals surface area contributed by atoms with Crippen LogP contribution in [0, 0.1) is 12.7 Å². The molecule has 108 valence electrons. The van der Waals surface area contributed by atoms with Gasteiger partial charge >= 0.3 is 0 Å². The van der Waals surface area contributed by atoms with Gasteiger partial charge in [0.15, 0.2) is 0 Å². The van der Waals surface area contributed by atoms with Gasteiger partial charge in [-0.25, -0.2) is 4.39 Å². The molecule has 0 radical (unpaired) electrons. The van der Waals surface area contributed by atoms with Gasteiger partial charge < -0.3 is 10.3 Å². The fourth-order valence-corrected chi connectivity index (χ4v) is 2.03. The van der Waals surface area contributed by atoms with Gasteiger partial charge in [-0.05, 0) is 50.1 Å². The minimum atomic E-state index is -0.225. The van der Waals surface area contributed by atoms with Crippen molar-refractivity contribution < 1.29 is 8.91 Å². The first kappa shape index (κ1) is 14.7. The summed E-state index contributed by atoms with van der Waals surface area (Å²) < 4.78 is 18.4. The average molecular weight is 277 g/mol. The maximum Gasteiger partial charge on any atom is 0.226 e. The number of benzene rings is 1. The molecule has 0 aliphatic heterocycles. The molecule has 0 bridgehead atoms. The summed E-state index contributed by atoms with van der Waals surface area (Å²) in [5.74, 6) is 0.928. The highest BCUT2D eigenvalue weighted by Gasteiger charge is 2.09. The van der Waals surface area contributed by atoms with Crippen LogP contribution in [0.15, 0.2) is 22.7 Å². The number of aromatic nitrogens is 2. The second kappa shape index (κ2) is 7.14. The van der Waals surface area contributed by atoms with Crippen molar-refractivity contribution in [2.24, 2.45) is 5.73 Å². The first-order chi connectivity index (χ1) is 9.70. The summed E-state index contributed by atoms with van der Waals surface area (Å²) in [4.78, 5) is 4.34. The largest absolute Gasteiger partial charge is 0.339 e. The molecule has 5 heteroatoms. The van der Waals surface area contributed by atoms with E-state index in [2.05, 4.69) is 10.1 Å². The lowest BCUT2D eigenvalue weighted by atomic mass is 10.1. The molecular formula is C15H20FN3O. The van der Waals surface area contributed by atoms with Crippen LogP contribution in [-0.2, 0) is 6.42 Å². The molecule has 0 aliphatic rings. The van der Waals surface area contributed by atoms with Crippen LogP contribution in [-0.4, -0.2) is 16.7 Å². The van der Waals surface area contributed by atoms with E-state index in [1.165, 1.54) is 6.07 Å². The number of unbranched alkanes of at least 4 members (excludes halogenated alkanes) is 3. The molecule has 0 aliphatic carbocycles. The molecular weight excluding hydrogens is 257 g/mol. The van der Waals surface area contributed by atoms with Gasteiger partial charge in [0.25, 0.3) is 0 Å². The topological polar surface area (TPSA) is 64.9 Å². The Labute approximate surface area is 118 Å². The Bertz CT molecular complexity index is 554. The number of rotatable bonds is 7. The van der Waals surface area contributed by atoms with Crippen LogP contribution < -0.4 is 5.73 Å². The number of aryl methyl sites for hydroxylation is 2. The van der Waals surface area contributed by atoms with Gasteiger partial charge in [0.1, 0.15) is 5.82 Å². The molecule has 1 heterocycles. The number of halogens is 1. The van der Waals surface area contributed by atoms with Crippen molar-refractivity contribution in [3.63, 3.8) is 0 Å². The van der Waals surface area contributed by atoms with Gasteiger partial charge in [-0.1, -0.05) is 18.0 Å². The van der Waals surface area contributed by atoms with Crippen molar-refractivity contribution in [3.8, 4) is 11.4 Å². The van der Waals surface area contributed by atoms with E-state index < -0.39 is 0 Å². The summed E-state index contributed by atoms with van der Waals surface area (Å²) in [7, 11) is 0. The van der Waals surface area contributed by atoms with Gasteiger partial charge in [0, 0.05) is 12.0 Å². The smallest absolute Gasteiger partial charge is 0.226 e. The quantitative estimate of drug-likeness (QED) is 0.789. The van der Waals surface area contributed by atoms with Crippen LogP contribution in [0.1, 0.15) is 37.1 Å². The van der Waals surface area contributed by atoms with Crippen LogP contribution >= 0.6 is 0 Å². The average Bonchev–Trinajstić information content (AvgIpc) is 2.90. The number of hydrogen-bond donors (Lipinski definition) is 1. The molecule has 0 saturated carbocycles. The predicted molar refractivity (Wildman–Crippen MR) is 75.7 cm³/mol. The Kier molecular flexibility index (Phi) is 5.24. The van der Waals surface area contributed by atoms with Crippen LogP contribution in [0.5, 0.6) is 0 Å². The van der Waals surface area contributed by atoms with Gasteiger partial charge in [-0.2, -0.15) is 4.98 Å². The number of nitrogens with two attached hydrogens (primary N) is 1. The van der Waals surface area contributed by atoms with E-state index in [1.807, 2.05) is 0 Å². The molecule has 20 heavy (non-hydrogen) atoms. The molecule has 4 nitrogen and oxygen atoms in total. The van der Waals surface area contributed by atoms with E-state index in [4.69, 9.17) is 10.3 Å². The van der Waals surface area contributed by atoms with Crippen molar-refractivity contribution in [1.29, 1.82) is 0 Å².